The van der Waals surface area contributed by atoms with Gasteiger partial charge in [-0.25, -0.2) is 4.79 Å². The summed E-state index contributed by atoms with van der Waals surface area (Å²) in [7, 11) is 0. The van der Waals surface area contributed by atoms with E-state index in [1.165, 1.54) is 0 Å². The molecular weight excluding hydrogens is 306 g/mol. The molecule has 1 aliphatic heterocycles. The van der Waals surface area contributed by atoms with Gasteiger partial charge in [0.2, 0.25) is 0 Å². The zero-order chi connectivity index (χ0) is 18.0. The summed E-state index contributed by atoms with van der Waals surface area (Å²) in [6.07, 6.45) is 1.08. The van der Waals surface area contributed by atoms with Gasteiger partial charge in [-0.05, 0) is 46.6 Å². The highest BCUT2D eigenvalue weighted by atomic mass is 16.6. The van der Waals surface area contributed by atoms with E-state index in [2.05, 4.69) is 0 Å². The van der Waals surface area contributed by atoms with E-state index in [0.29, 0.717) is 12.8 Å². The Kier molecular flexibility index (Phi) is 5.33. The summed E-state index contributed by atoms with van der Waals surface area (Å²) in [6.45, 7) is 9.22. The fourth-order valence-electron chi connectivity index (χ4n) is 3.10. The minimum atomic E-state index is -0.809. The van der Waals surface area contributed by atoms with Gasteiger partial charge in [0.1, 0.15) is 23.7 Å². The molecule has 0 aliphatic carbocycles. The molecule has 24 heavy (non-hydrogen) atoms. The second-order valence-electron chi connectivity index (χ2n) is 7.56. The Balaban J connectivity index is 2.35. The molecule has 1 fully saturated rings. The smallest absolute Gasteiger partial charge is 0.412 e. The number of hydrogen-bond donors (Lipinski definition) is 0. The summed E-state index contributed by atoms with van der Waals surface area (Å²) in [6, 6.07) is 9.54. The third-order valence-corrected chi connectivity index (χ3v) is 3.98. The molecule has 1 aromatic rings. The van der Waals surface area contributed by atoms with Crippen molar-refractivity contribution in [2.24, 2.45) is 0 Å². The molecule has 2 rings (SSSR count). The fourth-order valence-corrected chi connectivity index (χ4v) is 3.10. The molecule has 2 atom stereocenters. The lowest BCUT2D eigenvalue weighted by Gasteiger charge is -2.35. The van der Waals surface area contributed by atoms with Gasteiger partial charge in [-0.2, -0.15) is 0 Å². The third kappa shape index (κ3) is 4.15. The Morgan fingerprint density at radius 2 is 1.92 bits per heavy atom. The predicted octanol–water partition coefficient (Wildman–Crippen LogP) is 4.08. The van der Waals surface area contributed by atoms with Crippen LogP contribution in [0, 0.1) is 0 Å². The molecule has 1 saturated heterocycles. The van der Waals surface area contributed by atoms with Crippen LogP contribution in [0.2, 0.25) is 0 Å². The fraction of sp³-hybridized carbons (Fsp3) is 0.579. The molecule has 1 aromatic carbocycles. The van der Waals surface area contributed by atoms with Gasteiger partial charge >= 0.3 is 6.09 Å². The van der Waals surface area contributed by atoms with Crippen molar-refractivity contribution in [2.75, 3.05) is 0 Å². The van der Waals surface area contributed by atoms with Crippen molar-refractivity contribution in [3.05, 3.63) is 35.9 Å². The number of aldehydes is 1. The lowest BCUT2D eigenvalue weighted by atomic mass is 9.98. The monoisotopic (exact) mass is 333 g/mol. The molecular formula is C19H27NO4. The molecule has 0 spiro atoms. The van der Waals surface area contributed by atoms with Gasteiger partial charge in [0.05, 0.1) is 6.04 Å². The normalized spacial score (nSPS) is 23.1. The number of carbonyl (C=O) groups excluding carboxylic acids is 2. The second-order valence-corrected chi connectivity index (χ2v) is 7.56. The van der Waals surface area contributed by atoms with Crippen LogP contribution in [0.5, 0.6) is 0 Å². The summed E-state index contributed by atoms with van der Waals surface area (Å²) >= 11 is 0. The summed E-state index contributed by atoms with van der Waals surface area (Å²) in [5.74, 6) is 0. The van der Waals surface area contributed by atoms with Crippen molar-refractivity contribution in [3.8, 4) is 0 Å². The molecule has 0 N–H and O–H groups in total. The van der Waals surface area contributed by atoms with Crippen molar-refractivity contribution >= 4 is 12.4 Å². The second kappa shape index (κ2) is 6.93. The van der Waals surface area contributed by atoms with E-state index in [1.807, 2.05) is 65.0 Å². The van der Waals surface area contributed by atoms with Crippen LogP contribution in [0.3, 0.4) is 0 Å². The highest BCUT2D eigenvalue weighted by Gasteiger charge is 2.51. The van der Waals surface area contributed by atoms with Crippen LogP contribution in [0.4, 0.5) is 4.79 Å². The molecule has 0 bridgehead atoms. The van der Waals surface area contributed by atoms with Crippen molar-refractivity contribution < 1.29 is 19.1 Å². The predicted molar refractivity (Wildman–Crippen MR) is 91.5 cm³/mol. The summed E-state index contributed by atoms with van der Waals surface area (Å²) in [5, 5.41) is 0. The topological polar surface area (TPSA) is 55.8 Å². The highest BCUT2D eigenvalue weighted by Crippen LogP contribution is 2.43. The van der Waals surface area contributed by atoms with Crippen LogP contribution in [-0.2, 0) is 14.3 Å². The van der Waals surface area contributed by atoms with Gasteiger partial charge in [-0.15, -0.1) is 0 Å². The van der Waals surface area contributed by atoms with Crippen LogP contribution >= 0.6 is 0 Å². The van der Waals surface area contributed by atoms with Gasteiger partial charge in [-0.1, -0.05) is 30.3 Å². The molecule has 132 valence electrons. The molecule has 1 amide bonds. The highest BCUT2D eigenvalue weighted by molar-refractivity contribution is 5.70. The van der Waals surface area contributed by atoms with E-state index in [9.17, 15) is 9.59 Å². The first-order valence-corrected chi connectivity index (χ1v) is 8.34. The lowest BCUT2D eigenvalue weighted by Crippen LogP contribution is -2.49. The minimum absolute atomic E-state index is 0.248. The molecule has 0 saturated carbocycles. The number of ether oxygens (including phenoxy) is 2. The third-order valence-electron chi connectivity index (χ3n) is 3.98. The van der Waals surface area contributed by atoms with Gasteiger partial charge in [0, 0.05) is 6.42 Å². The first-order valence-electron chi connectivity index (χ1n) is 8.34. The number of hydrogen-bond acceptors (Lipinski definition) is 4. The van der Waals surface area contributed by atoms with E-state index < -0.39 is 17.4 Å². The summed E-state index contributed by atoms with van der Waals surface area (Å²) in [5.41, 5.74) is -0.406. The Morgan fingerprint density at radius 3 is 2.46 bits per heavy atom. The number of benzene rings is 1. The zero-order valence-corrected chi connectivity index (χ0v) is 15.1. The number of carbonyl (C=O) groups is 2. The SMILES string of the molecule is CC(C)(C)OC(=O)N1C(CCC=O)C(c2ccccc2)OC1(C)C. The molecule has 1 heterocycles. The largest absolute Gasteiger partial charge is 0.444 e. The first kappa shape index (κ1) is 18.5. The van der Waals surface area contributed by atoms with Crippen molar-refractivity contribution in [2.45, 2.75) is 70.9 Å². The molecule has 2 unspecified atom stereocenters. The zero-order valence-electron chi connectivity index (χ0n) is 15.1. The molecule has 5 nitrogen and oxygen atoms in total. The first-order chi connectivity index (χ1) is 11.2. The minimum Gasteiger partial charge on any atom is -0.444 e. The van der Waals surface area contributed by atoms with Crippen molar-refractivity contribution in [1.29, 1.82) is 0 Å². The maximum absolute atomic E-state index is 12.8. The van der Waals surface area contributed by atoms with Crippen LogP contribution in [0.15, 0.2) is 30.3 Å². The maximum atomic E-state index is 12.8. The average molecular weight is 333 g/mol. The molecule has 0 aromatic heterocycles. The van der Waals surface area contributed by atoms with Crippen molar-refractivity contribution in [3.63, 3.8) is 0 Å². The van der Waals surface area contributed by atoms with E-state index in [-0.39, 0.29) is 12.1 Å². The maximum Gasteiger partial charge on any atom is 0.412 e. The van der Waals surface area contributed by atoms with Crippen molar-refractivity contribution in [1.82, 2.24) is 4.90 Å². The van der Waals surface area contributed by atoms with E-state index in [1.54, 1.807) is 4.90 Å². The Hall–Kier alpha value is -1.88. The van der Waals surface area contributed by atoms with Gasteiger partial charge in [0.15, 0.2) is 0 Å². The molecule has 1 aliphatic rings. The Labute approximate surface area is 143 Å². The van der Waals surface area contributed by atoms with Crippen LogP contribution < -0.4 is 0 Å². The number of amides is 1. The van der Waals surface area contributed by atoms with Gasteiger partial charge < -0.3 is 14.3 Å². The summed E-state index contributed by atoms with van der Waals surface area (Å²) < 4.78 is 11.8. The average Bonchev–Trinajstić information content (AvgIpc) is 2.75. The van der Waals surface area contributed by atoms with Crippen LogP contribution in [-0.4, -0.2) is 34.6 Å². The Morgan fingerprint density at radius 1 is 1.29 bits per heavy atom. The quantitative estimate of drug-likeness (QED) is 0.779. The van der Waals surface area contributed by atoms with Gasteiger partial charge in [0.25, 0.3) is 0 Å². The number of rotatable bonds is 4. The van der Waals surface area contributed by atoms with E-state index in [0.717, 1.165) is 11.8 Å². The summed E-state index contributed by atoms with van der Waals surface area (Å²) in [4.78, 5) is 25.3. The van der Waals surface area contributed by atoms with Gasteiger partial charge in [-0.3, -0.25) is 4.90 Å². The standard InChI is InChI=1S/C19H27NO4/c1-18(2,3)24-17(22)20-15(12-9-13-21)16(23-19(20,4)5)14-10-7-6-8-11-14/h6-8,10-11,13,15-16H,9,12H2,1-5H3. The van der Waals surface area contributed by atoms with E-state index >= 15 is 0 Å². The molecule has 5 heteroatoms. The van der Waals surface area contributed by atoms with Crippen LogP contribution in [0.25, 0.3) is 0 Å². The Bertz CT molecular complexity index is 577. The lowest BCUT2D eigenvalue weighted by molar-refractivity contribution is -0.108. The molecule has 0 radical (unpaired) electrons. The van der Waals surface area contributed by atoms with E-state index in [4.69, 9.17) is 9.47 Å². The van der Waals surface area contributed by atoms with Crippen LogP contribution in [0.1, 0.15) is 59.1 Å². The number of nitrogens with zero attached hydrogens (tertiary/aromatic N) is 1.